The fourth-order valence-corrected chi connectivity index (χ4v) is 2.14. The predicted molar refractivity (Wildman–Crippen MR) is 66.6 cm³/mol. The van der Waals surface area contributed by atoms with Crippen LogP contribution in [0.3, 0.4) is 0 Å². The van der Waals surface area contributed by atoms with E-state index in [-0.39, 0.29) is 0 Å². The molecule has 0 aliphatic heterocycles. The van der Waals surface area contributed by atoms with Crippen molar-refractivity contribution in [3.05, 3.63) is 48.2 Å². The van der Waals surface area contributed by atoms with Crippen molar-refractivity contribution < 1.29 is 12.8 Å². The van der Waals surface area contributed by atoms with Crippen molar-refractivity contribution in [1.29, 1.82) is 0 Å². The van der Waals surface area contributed by atoms with Crippen LogP contribution in [0.15, 0.2) is 46.2 Å². The summed E-state index contributed by atoms with van der Waals surface area (Å²) in [6.07, 6.45) is 4.24. The summed E-state index contributed by atoms with van der Waals surface area (Å²) < 4.78 is 27.6. The number of hydrogen-bond donors (Lipinski definition) is 1. The summed E-state index contributed by atoms with van der Waals surface area (Å²) in [7, 11) is -3.12. The number of aromatic nitrogens is 1. The molecule has 96 valence electrons. The number of hydrogen-bond acceptors (Lipinski definition) is 5. The summed E-state index contributed by atoms with van der Waals surface area (Å²) in [6, 6.07) is 6.81. The van der Waals surface area contributed by atoms with Gasteiger partial charge in [0.15, 0.2) is 16.2 Å². The maximum Gasteiger partial charge on any atom is 0.180 e. The number of oxazole rings is 1. The van der Waals surface area contributed by atoms with Gasteiger partial charge in [-0.2, -0.15) is 0 Å². The van der Waals surface area contributed by atoms with Gasteiger partial charge in [-0.05, 0) is 17.7 Å². The summed E-state index contributed by atoms with van der Waals surface area (Å²) in [5.74, 6) is 0.766. The molecule has 0 unspecified atom stereocenters. The fourth-order valence-electron chi connectivity index (χ4n) is 1.51. The number of rotatable bonds is 5. The highest BCUT2D eigenvalue weighted by Crippen LogP contribution is 2.10. The van der Waals surface area contributed by atoms with E-state index >= 15 is 0 Å². The van der Waals surface area contributed by atoms with Crippen molar-refractivity contribution in [3.63, 3.8) is 0 Å². The van der Waals surface area contributed by atoms with Gasteiger partial charge in [0.1, 0.15) is 5.76 Å². The van der Waals surface area contributed by atoms with E-state index in [1.54, 1.807) is 30.5 Å². The minimum Gasteiger partial charge on any atom is -0.447 e. The number of nitrogens with one attached hydrogen (secondary N) is 1. The Balaban J connectivity index is 1.91. The minimum atomic E-state index is -3.12. The van der Waals surface area contributed by atoms with Crippen molar-refractivity contribution >= 4 is 9.84 Å². The highest BCUT2D eigenvalue weighted by molar-refractivity contribution is 7.90. The topological polar surface area (TPSA) is 72.2 Å². The third-order valence-corrected chi connectivity index (χ3v) is 3.59. The lowest BCUT2D eigenvalue weighted by atomic mass is 10.2. The maximum atomic E-state index is 11.3. The van der Waals surface area contributed by atoms with Gasteiger partial charge in [0.2, 0.25) is 0 Å². The van der Waals surface area contributed by atoms with Crippen LogP contribution in [-0.4, -0.2) is 19.7 Å². The van der Waals surface area contributed by atoms with Crippen LogP contribution in [0.1, 0.15) is 11.3 Å². The molecule has 0 aliphatic rings. The second kappa shape index (κ2) is 5.32. The first-order valence-electron chi connectivity index (χ1n) is 5.43. The quantitative estimate of drug-likeness (QED) is 0.885. The van der Waals surface area contributed by atoms with Gasteiger partial charge in [-0.1, -0.05) is 12.1 Å². The highest BCUT2D eigenvalue weighted by Gasteiger charge is 2.05. The summed E-state index contributed by atoms with van der Waals surface area (Å²) >= 11 is 0. The zero-order chi connectivity index (χ0) is 13.0. The van der Waals surface area contributed by atoms with Gasteiger partial charge >= 0.3 is 0 Å². The van der Waals surface area contributed by atoms with Crippen molar-refractivity contribution in [3.8, 4) is 0 Å². The molecule has 0 spiro atoms. The van der Waals surface area contributed by atoms with E-state index in [0.717, 1.165) is 11.3 Å². The lowest BCUT2D eigenvalue weighted by Gasteiger charge is -2.04. The Morgan fingerprint density at radius 3 is 2.50 bits per heavy atom. The highest BCUT2D eigenvalue weighted by atomic mass is 32.2. The maximum absolute atomic E-state index is 11.3. The lowest BCUT2D eigenvalue weighted by Crippen LogP contribution is -2.12. The number of sulfone groups is 1. The molecule has 1 heterocycles. The first-order chi connectivity index (χ1) is 8.55. The molecule has 1 N–H and O–H groups in total. The van der Waals surface area contributed by atoms with E-state index in [1.807, 2.05) is 0 Å². The fraction of sp³-hybridized carbons (Fsp3) is 0.250. The Hall–Kier alpha value is -1.66. The summed E-state index contributed by atoms with van der Waals surface area (Å²) in [4.78, 5) is 4.15. The molecule has 5 nitrogen and oxygen atoms in total. The van der Waals surface area contributed by atoms with E-state index in [0.29, 0.717) is 18.0 Å². The first-order valence-corrected chi connectivity index (χ1v) is 7.32. The molecular formula is C12H14N2O3S. The third kappa shape index (κ3) is 3.41. The largest absolute Gasteiger partial charge is 0.447 e. The van der Waals surface area contributed by atoms with Gasteiger partial charge in [0.25, 0.3) is 0 Å². The molecule has 0 saturated carbocycles. The molecule has 1 aromatic carbocycles. The Bertz CT molecular complexity index is 589. The average molecular weight is 266 g/mol. The molecule has 0 fully saturated rings. The molecule has 6 heteroatoms. The molecule has 0 aliphatic carbocycles. The second-order valence-electron chi connectivity index (χ2n) is 3.99. The molecule has 1 aromatic heterocycles. The Morgan fingerprint density at radius 2 is 1.94 bits per heavy atom. The molecule has 0 radical (unpaired) electrons. The zero-order valence-electron chi connectivity index (χ0n) is 9.96. The molecule has 0 bridgehead atoms. The van der Waals surface area contributed by atoms with Crippen LogP contribution >= 0.6 is 0 Å². The smallest absolute Gasteiger partial charge is 0.180 e. The van der Waals surface area contributed by atoms with E-state index in [4.69, 9.17) is 4.42 Å². The van der Waals surface area contributed by atoms with Crippen molar-refractivity contribution in [2.75, 3.05) is 6.26 Å². The summed E-state index contributed by atoms with van der Waals surface area (Å²) in [5, 5.41) is 3.18. The minimum absolute atomic E-state index is 0.335. The van der Waals surface area contributed by atoms with E-state index in [9.17, 15) is 8.42 Å². The molecular weight excluding hydrogens is 252 g/mol. The Labute approximate surface area is 106 Å². The van der Waals surface area contributed by atoms with Gasteiger partial charge in [-0.3, -0.25) is 0 Å². The van der Waals surface area contributed by atoms with Crippen molar-refractivity contribution in [2.45, 2.75) is 18.0 Å². The van der Waals surface area contributed by atoms with E-state index in [2.05, 4.69) is 10.3 Å². The Morgan fingerprint density at radius 1 is 1.22 bits per heavy atom. The standard InChI is InChI=1S/C12H14N2O3S/c1-18(15,16)12-4-2-10(3-5-12)6-13-7-11-8-14-9-17-11/h2-5,8-9,13H,6-7H2,1H3. The summed E-state index contributed by atoms with van der Waals surface area (Å²) in [6.45, 7) is 1.23. The summed E-state index contributed by atoms with van der Waals surface area (Å²) in [5.41, 5.74) is 1.02. The van der Waals surface area contributed by atoms with Crippen LogP contribution in [0.2, 0.25) is 0 Å². The second-order valence-corrected chi connectivity index (χ2v) is 6.00. The van der Waals surface area contributed by atoms with Crippen LogP contribution in [0, 0.1) is 0 Å². The molecule has 0 atom stereocenters. The first kappa shape index (κ1) is 12.8. The number of nitrogens with zero attached hydrogens (tertiary/aromatic N) is 1. The predicted octanol–water partition coefficient (Wildman–Crippen LogP) is 1.37. The average Bonchev–Trinajstić information content (AvgIpc) is 2.82. The van der Waals surface area contributed by atoms with Gasteiger partial charge in [0.05, 0.1) is 17.6 Å². The van der Waals surface area contributed by atoms with E-state index < -0.39 is 9.84 Å². The van der Waals surface area contributed by atoms with Gasteiger partial charge < -0.3 is 9.73 Å². The van der Waals surface area contributed by atoms with Crippen molar-refractivity contribution in [2.24, 2.45) is 0 Å². The SMILES string of the molecule is CS(=O)(=O)c1ccc(CNCc2cnco2)cc1. The lowest BCUT2D eigenvalue weighted by molar-refractivity contribution is 0.479. The van der Waals surface area contributed by atoms with Crippen LogP contribution in [-0.2, 0) is 22.9 Å². The molecule has 0 amide bonds. The van der Waals surface area contributed by atoms with Crippen LogP contribution in [0.25, 0.3) is 0 Å². The third-order valence-electron chi connectivity index (χ3n) is 2.46. The van der Waals surface area contributed by atoms with Gasteiger partial charge in [0, 0.05) is 12.8 Å². The van der Waals surface area contributed by atoms with Gasteiger partial charge in [-0.25, -0.2) is 13.4 Å². The molecule has 2 aromatic rings. The molecule has 2 rings (SSSR count). The van der Waals surface area contributed by atoms with Gasteiger partial charge in [-0.15, -0.1) is 0 Å². The normalized spacial score (nSPS) is 11.6. The van der Waals surface area contributed by atoms with Crippen LogP contribution in [0.4, 0.5) is 0 Å². The monoisotopic (exact) mass is 266 g/mol. The Kier molecular flexibility index (Phi) is 3.78. The van der Waals surface area contributed by atoms with Crippen LogP contribution in [0.5, 0.6) is 0 Å². The molecule has 0 saturated heterocycles. The number of benzene rings is 1. The molecule has 18 heavy (non-hydrogen) atoms. The zero-order valence-corrected chi connectivity index (χ0v) is 10.8. The van der Waals surface area contributed by atoms with Crippen LogP contribution < -0.4 is 5.32 Å². The van der Waals surface area contributed by atoms with E-state index in [1.165, 1.54) is 12.6 Å². The van der Waals surface area contributed by atoms with Crippen molar-refractivity contribution in [1.82, 2.24) is 10.3 Å².